The molecule has 1 aromatic carbocycles. The summed E-state index contributed by atoms with van der Waals surface area (Å²) in [6, 6.07) is 6.21. The molecule has 0 N–H and O–H groups in total. The van der Waals surface area contributed by atoms with E-state index in [1.54, 1.807) is 7.11 Å². The molecule has 0 amide bonds. The molecule has 0 spiro atoms. The van der Waals surface area contributed by atoms with Crippen molar-refractivity contribution in [1.82, 2.24) is 0 Å². The van der Waals surface area contributed by atoms with Crippen LogP contribution >= 0.6 is 15.9 Å². The van der Waals surface area contributed by atoms with E-state index >= 15 is 0 Å². The number of rotatable bonds is 2. The lowest BCUT2D eigenvalue weighted by Crippen LogP contribution is -2.14. The molecule has 1 saturated heterocycles. The Morgan fingerprint density at radius 2 is 2.07 bits per heavy atom. The zero-order valence-electron chi connectivity index (χ0n) is 8.83. The predicted octanol–water partition coefficient (Wildman–Crippen LogP) is 3.35. The average Bonchev–Trinajstić information content (AvgIpc) is 2.30. The Bertz CT molecular complexity index is 332. The molecule has 0 saturated carbocycles. The number of ether oxygens (including phenoxy) is 2. The SMILES string of the molecule is COc1ccc(C2CCOCC2)c(Br)c1. The summed E-state index contributed by atoms with van der Waals surface area (Å²) in [5.41, 5.74) is 1.37. The number of methoxy groups -OCH3 is 1. The van der Waals surface area contributed by atoms with Gasteiger partial charge in [-0.2, -0.15) is 0 Å². The normalized spacial score (nSPS) is 17.7. The fraction of sp³-hybridized carbons (Fsp3) is 0.500. The van der Waals surface area contributed by atoms with Gasteiger partial charge in [-0.25, -0.2) is 0 Å². The van der Waals surface area contributed by atoms with Gasteiger partial charge < -0.3 is 9.47 Å². The summed E-state index contributed by atoms with van der Waals surface area (Å²) in [6.07, 6.45) is 2.23. The zero-order valence-corrected chi connectivity index (χ0v) is 10.4. The van der Waals surface area contributed by atoms with Crippen LogP contribution in [0.5, 0.6) is 5.75 Å². The average molecular weight is 271 g/mol. The summed E-state index contributed by atoms with van der Waals surface area (Å²) < 4.78 is 11.7. The second-order valence-corrected chi connectivity index (χ2v) is 4.63. The first-order valence-electron chi connectivity index (χ1n) is 5.22. The van der Waals surface area contributed by atoms with Gasteiger partial charge in [0.25, 0.3) is 0 Å². The van der Waals surface area contributed by atoms with Gasteiger partial charge in [0.2, 0.25) is 0 Å². The summed E-state index contributed by atoms with van der Waals surface area (Å²) >= 11 is 3.60. The predicted molar refractivity (Wildman–Crippen MR) is 63.5 cm³/mol. The first-order chi connectivity index (χ1) is 7.31. The first kappa shape index (κ1) is 11.0. The lowest BCUT2D eigenvalue weighted by Gasteiger charge is -2.23. The molecule has 1 heterocycles. The molecule has 3 heteroatoms. The topological polar surface area (TPSA) is 18.5 Å². The van der Waals surface area contributed by atoms with Crippen LogP contribution in [0.25, 0.3) is 0 Å². The van der Waals surface area contributed by atoms with Gasteiger partial charge in [0.1, 0.15) is 5.75 Å². The molecular formula is C12H15BrO2. The Kier molecular flexibility index (Phi) is 3.65. The van der Waals surface area contributed by atoms with Gasteiger partial charge in [0.15, 0.2) is 0 Å². The number of hydrogen-bond donors (Lipinski definition) is 0. The Balaban J connectivity index is 2.19. The van der Waals surface area contributed by atoms with Crippen molar-refractivity contribution in [3.8, 4) is 5.75 Å². The lowest BCUT2D eigenvalue weighted by molar-refractivity contribution is 0.0852. The van der Waals surface area contributed by atoms with E-state index in [4.69, 9.17) is 9.47 Å². The molecule has 0 atom stereocenters. The summed E-state index contributed by atoms with van der Waals surface area (Å²) in [5.74, 6) is 1.52. The summed E-state index contributed by atoms with van der Waals surface area (Å²) in [7, 11) is 1.69. The second kappa shape index (κ2) is 4.99. The van der Waals surface area contributed by atoms with Gasteiger partial charge in [-0.3, -0.25) is 0 Å². The van der Waals surface area contributed by atoms with Crippen LogP contribution in [0.1, 0.15) is 24.3 Å². The molecule has 82 valence electrons. The summed E-state index contributed by atoms with van der Waals surface area (Å²) in [4.78, 5) is 0. The Hall–Kier alpha value is -0.540. The van der Waals surface area contributed by atoms with Crippen molar-refractivity contribution in [3.63, 3.8) is 0 Å². The van der Waals surface area contributed by atoms with Crippen LogP contribution in [0.15, 0.2) is 22.7 Å². The molecule has 0 aromatic heterocycles. The number of hydrogen-bond acceptors (Lipinski definition) is 2. The van der Waals surface area contributed by atoms with Crippen molar-refractivity contribution in [2.24, 2.45) is 0 Å². The molecular weight excluding hydrogens is 256 g/mol. The molecule has 1 fully saturated rings. The molecule has 0 radical (unpaired) electrons. The number of halogens is 1. The van der Waals surface area contributed by atoms with Gasteiger partial charge in [0.05, 0.1) is 7.11 Å². The van der Waals surface area contributed by atoms with E-state index in [0.29, 0.717) is 5.92 Å². The van der Waals surface area contributed by atoms with Crippen LogP contribution in [-0.4, -0.2) is 20.3 Å². The minimum Gasteiger partial charge on any atom is -0.497 e. The lowest BCUT2D eigenvalue weighted by atomic mass is 9.92. The van der Waals surface area contributed by atoms with Gasteiger partial charge in [-0.15, -0.1) is 0 Å². The minimum absolute atomic E-state index is 0.624. The maximum absolute atomic E-state index is 5.37. The van der Waals surface area contributed by atoms with Crippen molar-refractivity contribution in [1.29, 1.82) is 0 Å². The van der Waals surface area contributed by atoms with Gasteiger partial charge >= 0.3 is 0 Å². The number of benzene rings is 1. The molecule has 15 heavy (non-hydrogen) atoms. The van der Waals surface area contributed by atoms with E-state index in [0.717, 1.165) is 36.3 Å². The van der Waals surface area contributed by atoms with Crippen molar-refractivity contribution in [3.05, 3.63) is 28.2 Å². The van der Waals surface area contributed by atoms with Crippen LogP contribution in [0, 0.1) is 0 Å². The molecule has 0 aliphatic carbocycles. The summed E-state index contributed by atoms with van der Waals surface area (Å²) in [6.45, 7) is 1.76. The van der Waals surface area contributed by atoms with E-state index in [2.05, 4.69) is 22.0 Å². The van der Waals surface area contributed by atoms with Gasteiger partial charge in [-0.05, 0) is 36.5 Å². The molecule has 1 aromatic rings. The maximum Gasteiger partial charge on any atom is 0.120 e. The van der Waals surface area contributed by atoms with E-state index in [-0.39, 0.29) is 0 Å². The van der Waals surface area contributed by atoms with Crippen LogP contribution in [0.2, 0.25) is 0 Å². The van der Waals surface area contributed by atoms with Crippen LogP contribution < -0.4 is 4.74 Å². The van der Waals surface area contributed by atoms with E-state index in [9.17, 15) is 0 Å². The van der Waals surface area contributed by atoms with Crippen molar-refractivity contribution in [2.75, 3.05) is 20.3 Å². The smallest absolute Gasteiger partial charge is 0.120 e. The fourth-order valence-electron chi connectivity index (χ4n) is 1.97. The largest absolute Gasteiger partial charge is 0.497 e. The Morgan fingerprint density at radius 1 is 1.33 bits per heavy atom. The Labute approximate surface area is 98.7 Å². The van der Waals surface area contributed by atoms with E-state index < -0.39 is 0 Å². The second-order valence-electron chi connectivity index (χ2n) is 3.77. The van der Waals surface area contributed by atoms with Crippen LogP contribution in [-0.2, 0) is 4.74 Å². The van der Waals surface area contributed by atoms with Crippen LogP contribution in [0.4, 0.5) is 0 Å². The monoisotopic (exact) mass is 270 g/mol. The highest BCUT2D eigenvalue weighted by atomic mass is 79.9. The van der Waals surface area contributed by atoms with Crippen LogP contribution in [0.3, 0.4) is 0 Å². The highest BCUT2D eigenvalue weighted by Gasteiger charge is 2.18. The third kappa shape index (κ3) is 2.52. The molecule has 1 aliphatic heterocycles. The van der Waals surface area contributed by atoms with Crippen molar-refractivity contribution >= 4 is 15.9 Å². The molecule has 1 aliphatic rings. The maximum atomic E-state index is 5.37. The zero-order chi connectivity index (χ0) is 10.7. The highest BCUT2D eigenvalue weighted by molar-refractivity contribution is 9.10. The third-order valence-corrected chi connectivity index (χ3v) is 3.56. The molecule has 2 rings (SSSR count). The van der Waals surface area contributed by atoms with E-state index in [1.165, 1.54) is 5.56 Å². The first-order valence-corrected chi connectivity index (χ1v) is 6.01. The highest BCUT2D eigenvalue weighted by Crippen LogP contribution is 2.34. The molecule has 0 unspecified atom stereocenters. The standard InChI is InChI=1S/C12H15BrO2/c1-14-10-2-3-11(12(13)8-10)9-4-6-15-7-5-9/h2-3,8-9H,4-7H2,1H3. The van der Waals surface area contributed by atoms with Gasteiger partial charge in [0, 0.05) is 17.7 Å². The third-order valence-electron chi connectivity index (χ3n) is 2.87. The summed E-state index contributed by atoms with van der Waals surface area (Å²) in [5, 5.41) is 0. The molecule has 2 nitrogen and oxygen atoms in total. The minimum atomic E-state index is 0.624. The van der Waals surface area contributed by atoms with E-state index in [1.807, 2.05) is 12.1 Å². The quantitative estimate of drug-likeness (QED) is 0.821. The van der Waals surface area contributed by atoms with Gasteiger partial charge in [-0.1, -0.05) is 22.0 Å². The Morgan fingerprint density at radius 3 is 2.67 bits per heavy atom. The van der Waals surface area contributed by atoms with Crippen molar-refractivity contribution in [2.45, 2.75) is 18.8 Å². The fourth-order valence-corrected chi connectivity index (χ4v) is 2.66. The molecule has 0 bridgehead atoms. The van der Waals surface area contributed by atoms with Crippen molar-refractivity contribution < 1.29 is 9.47 Å².